The zero-order valence-electron chi connectivity index (χ0n) is 15.8. The molecule has 2 amide bonds. The third-order valence-electron chi connectivity index (χ3n) is 3.89. The number of unbranched alkanes of at least 4 members (excludes halogenated alkanes) is 1. The van der Waals surface area contributed by atoms with Gasteiger partial charge in [0, 0.05) is 26.6 Å². The van der Waals surface area contributed by atoms with E-state index < -0.39 is 5.54 Å². The fourth-order valence-electron chi connectivity index (χ4n) is 2.80. The Morgan fingerprint density at radius 3 is 1.88 bits per heavy atom. The van der Waals surface area contributed by atoms with E-state index in [0.717, 1.165) is 12.8 Å². The number of amides is 2. The van der Waals surface area contributed by atoms with Gasteiger partial charge in [0.05, 0.1) is 0 Å². The smallest absolute Gasteiger partial charge is 0.246 e. The van der Waals surface area contributed by atoms with E-state index >= 15 is 0 Å². The van der Waals surface area contributed by atoms with Crippen LogP contribution in [0.1, 0.15) is 39.5 Å². The molecule has 0 spiro atoms. The van der Waals surface area contributed by atoms with Crippen LogP contribution in [0.3, 0.4) is 0 Å². The number of hydrogen-bond donors (Lipinski definition) is 1. The number of rotatable bonds is 14. The molecule has 0 aromatic heterocycles. The fraction of sp³-hybridized carbons (Fsp3) is 0.500. The van der Waals surface area contributed by atoms with E-state index in [1.807, 2.05) is 0 Å². The Labute approximate surface area is 152 Å². The zero-order chi connectivity index (χ0) is 19.3. The van der Waals surface area contributed by atoms with Gasteiger partial charge in [-0.25, -0.2) is 5.01 Å². The summed E-state index contributed by atoms with van der Waals surface area (Å²) in [7, 11) is 0. The summed E-state index contributed by atoms with van der Waals surface area (Å²) in [6.45, 7) is 20.0. The summed E-state index contributed by atoms with van der Waals surface area (Å²) in [5, 5.41) is 1.75. The molecular formula is C20H33N3O2. The maximum Gasteiger partial charge on any atom is 0.246 e. The Kier molecular flexibility index (Phi) is 11.2. The van der Waals surface area contributed by atoms with Crippen LogP contribution in [0.15, 0.2) is 50.6 Å². The minimum absolute atomic E-state index is 0.100. The predicted molar refractivity (Wildman–Crippen MR) is 105 cm³/mol. The topological polar surface area (TPSA) is 52.7 Å². The fourth-order valence-corrected chi connectivity index (χ4v) is 2.80. The van der Waals surface area contributed by atoms with Gasteiger partial charge in [0.15, 0.2) is 0 Å². The van der Waals surface area contributed by atoms with Gasteiger partial charge in [0.2, 0.25) is 11.8 Å². The van der Waals surface area contributed by atoms with Crippen molar-refractivity contribution in [2.75, 3.05) is 19.6 Å². The molecule has 25 heavy (non-hydrogen) atoms. The van der Waals surface area contributed by atoms with Gasteiger partial charge in [-0.2, -0.15) is 0 Å². The number of hydrogen-bond acceptors (Lipinski definition) is 3. The molecule has 0 aliphatic heterocycles. The molecule has 1 N–H and O–H groups in total. The third-order valence-corrected chi connectivity index (χ3v) is 3.89. The molecule has 0 atom stereocenters. The standard InChI is InChI=1S/C20H33N3O2/c1-7-12-17-23(21-18(6)24)20(13-8-2,14-9-3)19(25)22(15-10-4)16-11-5/h8-11H,2-5,7,12-17H2,1,6H3,(H,21,24). The minimum atomic E-state index is -0.962. The Morgan fingerprint density at radius 2 is 1.52 bits per heavy atom. The Hall–Kier alpha value is -2.14. The third kappa shape index (κ3) is 6.70. The SMILES string of the molecule is C=CCN(CC=C)C(=O)C(CC=C)(CC=C)N(CCCC)NC(C)=O. The molecule has 0 radical (unpaired) electrons. The molecule has 5 nitrogen and oxygen atoms in total. The number of nitrogens with zero attached hydrogens (tertiary/aromatic N) is 2. The lowest BCUT2D eigenvalue weighted by Crippen LogP contribution is -2.64. The van der Waals surface area contributed by atoms with E-state index in [2.05, 4.69) is 38.7 Å². The summed E-state index contributed by atoms with van der Waals surface area (Å²) in [5.74, 6) is -0.308. The summed E-state index contributed by atoms with van der Waals surface area (Å²) in [4.78, 5) is 26.9. The van der Waals surface area contributed by atoms with E-state index in [9.17, 15) is 9.59 Å². The summed E-state index contributed by atoms with van der Waals surface area (Å²) < 4.78 is 0. The molecule has 0 aliphatic rings. The van der Waals surface area contributed by atoms with Crippen molar-refractivity contribution in [3.63, 3.8) is 0 Å². The normalized spacial score (nSPS) is 10.8. The molecule has 0 aromatic rings. The van der Waals surface area contributed by atoms with E-state index in [-0.39, 0.29) is 11.8 Å². The number of carbonyl (C=O) groups is 2. The Balaban J connectivity index is 6.05. The molecule has 0 saturated carbocycles. The van der Waals surface area contributed by atoms with Gasteiger partial charge in [-0.05, 0) is 19.3 Å². The molecule has 0 saturated heterocycles. The van der Waals surface area contributed by atoms with Gasteiger partial charge >= 0.3 is 0 Å². The van der Waals surface area contributed by atoms with Crippen molar-refractivity contribution in [3.05, 3.63) is 50.6 Å². The zero-order valence-corrected chi connectivity index (χ0v) is 15.8. The van der Waals surface area contributed by atoms with Crippen LogP contribution in [0.25, 0.3) is 0 Å². The van der Waals surface area contributed by atoms with Crippen molar-refractivity contribution in [3.8, 4) is 0 Å². The van der Waals surface area contributed by atoms with Crippen molar-refractivity contribution < 1.29 is 9.59 Å². The predicted octanol–water partition coefficient (Wildman–Crippen LogP) is 3.23. The summed E-state index contributed by atoms with van der Waals surface area (Å²) >= 11 is 0. The van der Waals surface area contributed by atoms with Crippen molar-refractivity contribution in [1.29, 1.82) is 0 Å². The maximum absolute atomic E-state index is 13.5. The van der Waals surface area contributed by atoms with Crippen molar-refractivity contribution in [1.82, 2.24) is 15.3 Å². The lowest BCUT2D eigenvalue weighted by atomic mass is 9.87. The van der Waals surface area contributed by atoms with Crippen LogP contribution in [0, 0.1) is 0 Å². The van der Waals surface area contributed by atoms with Gasteiger partial charge in [-0.15, -0.1) is 26.3 Å². The van der Waals surface area contributed by atoms with Crippen LogP contribution in [0.4, 0.5) is 0 Å². The summed E-state index contributed by atoms with van der Waals surface area (Å²) in [6.07, 6.45) is 9.38. The van der Waals surface area contributed by atoms with E-state index in [1.54, 1.807) is 34.2 Å². The van der Waals surface area contributed by atoms with Crippen molar-refractivity contribution in [2.45, 2.75) is 45.1 Å². The largest absolute Gasteiger partial charge is 0.334 e. The minimum Gasteiger partial charge on any atom is -0.334 e. The molecule has 140 valence electrons. The lowest BCUT2D eigenvalue weighted by molar-refractivity contribution is -0.149. The molecule has 0 heterocycles. The number of hydrazine groups is 1. The number of carbonyl (C=O) groups excluding carboxylic acids is 2. The molecule has 0 bridgehead atoms. The van der Waals surface area contributed by atoms with Crippen LogP contribution in [-0.2, 0) is 9.59 Å². The highest BCUT2D eigenvalue weighted by Gasteiger charge is 2.44. The highest BCUT2D eigenvalue weighted by Crippen LogP contribution is 2.28. The molecule has 0 rings (SSSR count). The van der Waals surface area contributed by atoms with Gasteiger partial charge in [-0.1, -0.05) is 37.6 Å². The quantitative estimate of drug-likeness (QED) is 0.388. The first-order chi connectivity index (χ1) is 11.9. The van der Waals surface area contributed by atoms with Crippen LogP contribution < -0.4 is 5.43 Å². The molecule has 0 aliphatic carbocycles. The summed E-state index contributed by atoms with van der Waals surface area (Å²) in [6, 6.07) is 0. The van der Waals surface area contributed by atoms with Crippen molar-refractivity contribution >= 4 is 11.8 Å². The second-order valence-corrected chi connectivity index (χ2v) is 5.98. The average Bonchev–Trinajstić information content (AvgIpc) is 2.57. The van der Waals surface area contributed by atoms with Gasteiger partial charge in [0.1, 0.15) is 5.54 Å². The van der Waals surface area contributed by atoms with Gasteiger partial charge < -0.3 is 4.90 Å². The highest BCUT2D eigenvalue weighted by molar-refractivity contribution is 5.87. The molecule has 5 heteroatoms. The first-order valence-corrected chi connectivity index (χ1v) is 8.71. The first-order valence-electron chi connectivity index (χ1n) is 8.71. The number of nitrogens with one attached hydrogen (secondary N) is 1. The van der Waals surface area contributed by atoms with Crippen LogP contribution in [-0.4, -0.2) is 46.9 Å². The van der Waals surface area contributed by atoms with E-state index in [4.69, 9.17) is 0 Å². The second-order valence-electron chi connectivity index (χ2n) is 5.98. The highest BCUT2D eigenvalue weighted by atomic mass is 16.2. The van der Waals surface area contributed by atoms with Crippen LogP contribution in [0.5, 0.6) is 0 Å². The first kappa shape index (κ1) is 22.9. The summed E-state index contributed by atoms with van der Waals surface area (Å²) in [5.41, 5.74) is 1.88. The monoisotopic (exact) mass is 347 g/mol. The van der Waals surface area contributed by atoms with Crippen LogP contribution in [0.2, 0.25) is 0 Å². The molecule has 0 fully saturated rings. The molecule has 0 unspecified atom stereocenters. The molecular weight excluding hydrogens is 314 g/mol. The second kappa shape index (κ2) is 12.3. The maximum atomic E-state index is 13.5. The van der Waals surface area contributed by atoms with Crippen molar-refractivity contribution in [2.24, 2.45) is 0 Å². The Bertz CT molecular complexity index is 465. The van der Waals surface area contributed by atoms with E-state index in [1.165, 1.54) is 6.92 Å². The van der Waals surface area contributed by atoms with Gasteiger partial charge in [-0.3, -0.25) is 15.0 Å². The average molecular weight is 348 g/mol. The van der Waals surface area contributed by atoms with Crippen LogP contribution >= 0.6 is 0 Å². The Morgan fingerprint density at radius 1 is 1.00 bits per heavy atom. The lowest BCUT2D eigenvalue weighted by Gasteiger charge is -2.44. The molecule has 0 aromatic carbocycles. The van der Waals surface area contributed by atoms with E-state index in [0.29, 0.717) is 32.5 Å². The van der Waals surface area contributed by atoms with Gasteiger partial charge in [0.25, 0.3) is 0 Å².